The quantitative estimate of drug-likeness (QED) is 0.650. The third-order valence-corrected chi connectivity index (χ3v) is 3.62. The number of carbonyl (C=O) groups excluding carboxylic acids is 1. The second-order valence-electron chi connectivity index (χ2n) is 5.65. The van der Waals surface area contributed by atoms with Crippen LogP contribution in [0.25, 0.3) is 0 Å². The van der Waals surface area contributed by atoms with Crippen LogP contribution >= 0.6 is 0 Å². The number of benzene rings is 2. The van der Waals surface area contributed by atoms with Crippen molar-refractivity contribution in [3.8, 4) is 11.5 Å². The maximum Gasteiger partial charge on any atom is 0.221 e. The van der Waals surface area contributed by atoms with Crippen LogP contribution in [0.5, 0.6) is 11.5 Å². The molecule has 0 saturated heterocycles. The van der Waals surface area contributed by atoms with Gasteiger partial charge in [-0.25, -0.2) is 4.68 Å². The van der Waals surface area contributed by atoms with Crippen LogP contribution in [0.3, 0.4) is 0 Å². The number of methoxy groups -OCH3 is 1. The molecule has 0 radical (unpaired) electrons. The fourth-order valence-electron chi connectivity index (χ4n) is 2.38. The summed E-state index contributed by atoms with van der Waals surface area (Å²) in [5.74, 6) is 1.30. The Hall–Kier alpha value is -3.68. The molecule has 1 amide bonds. The normalized spacial score (nSPS) is 10.7. The number of nitrogens with one attached hydrogen (secondary N) is 1. The van der Waals surface area contributed by atoms with Crippen molar-refractivity contribution in [3.63, 3.8) is 0 Å². The van der Waals surface area contributed by atoms with Gasteiger partial charge in [-0.05, 0) is 48.0 Å². The summed E-state index contributed by atoms with van der Waals surface area (Å²) in [4.78, 5) is 11.1. The summed E-state index contributed by atoms with van der Waals surface area (Å²) < 4.78 is 12.8. The molecular weight excluding hydrogens is 346 g/mol. The molecule has 8 heteroatoms. The molecule has 0 atom stereocenters. The highest BCUT2D eigenvalue weighted by Gasteiger charge is 2.06. The Kier molecular flexibility index (Phi) is 5.78. The highest BCUT2D eigenvalue weighted by molar-refractivity contribution is 5.88. The Balaban J connectivity index is 1.69. The van der Waals surface area contributed by atoms with Gasteiger partial charge in [-0.3, -0.25) is 4.79 Å². The zero-order chi connectivity index (χ0) is 19.1. The van der Waals surface area contributed by atoms with Crippen molar-refractivity contribution in [2.75, 3.05) is 12.4 Å². The molecule has 8 nitrogen and oxygen atoms in total. The molecule has 2 aromatic carbocycles. The summed E-state index contributed by atoms with van der Waals surface area (Å²) in [6.07, 6.45) is 4.72. The Bertz CT molecular complexity index is 921. The van der Waals surface area contributed by atoms with E-state index < -0.39 is 0 Å². The third-order valence-electron chi connectivity index (χ3n) is 3.62. The highest BCUT2D eigenvalue weighted by atomic mass is 16.5. The largest absolute Gasteiger partial charge is 0.496 e. The summed E-state index contributed by atoms with van der Waals surface area (Å²) in [7, 11) is 1.62. The first-order valence-electron chi connectivity index (χ1n) is 8.20. The van der Waals surface area contributed by atoms with E-state index in [2.05, 4.69) is 20.6 Å². The van der Waals surface area contributed by atoms with E-state index in [1.807, 2.05) is 18.2 Å². The molecule has 1 aromatic heterocycles. The average Bonchev–Trinajstić information content (AvgIpc) is 3.19. The monoisotopic (exact) mass is 365 g/mol. The maximum absolute atomic E-state index is 11.1. The minimum Gasteiger partial charge on any atom is -0.496 e. The topological polar surface area (TPSA) is 90.6 Å². The van der Waals surface area contributed by atoms with Gasteiger partial charge in [0.25, 0.3) is 0 Å². The molecule has 0 unspecified atom stereocenters. The Morgan fingerprint density at radius 3 is 2.59 bits per heavy atom. The number of nitrogens with zero attached hydrogens (tertiary/aromatic N) is 4. The first-order valence-corrected chi connectivity index (χ1v) is 8.20. The Morgan fingerprint density at radius 2 is 1.93 bits per heavy atom. The summed E-state index contributed by atoms with van der Waals surface area (Å²) in [6.45, 7) is 1.80. The van der Waals surface area contributed by atoms with Crippen LogP contribution in [0.2, 0.25) is 0 Å². The third kappa shape index (κ3) is 5.15. The number of carbonyl (C=O) groups is 1. The van der Waals surface area contributed by atoms with Gasteiger partial charge >= 0.3 is 0 Å². The first kappa shape index (κ1) is 18.1. The van der Waals surface area contributed by atoms with Gasteiger partial charge in [-0.15, -0.1) is 10.2 Å². The van der Waals surface area contributed by atoms with E-state index in [4.69, 9.17) is 9.47 Å². The molecule has 1 heterocycles. The number of ether oxygens (including phenoxy) is 2. The molecule has 3 aromatic rings. The van der Waals surface area contributed by atoms with E-state index >= 15 is 0 Å². The van der Waals surface area contributed by atoms with E-state index in [0.29, 0.717) is 12.4 Å². The molecule has 0 bridgehead atoms. The van der Waals surface area contributed by atoms with Gasteiger partial charge in [0.05, 0.1) is 13.3 Å². The number of hydrogen-bond acceptors (Lipinski definition) is 6. The second kappa shape index (κ2) is 8.61. The van der Waals surface area contributed by atoms with Crippen LogP contribution in [0.15, 0.2) is 60.2 Å². The number of aromatic nitrogens is 3. The molecule has 0 aliphatic carbocycles. The number of hydrogen-bond donors (Lipinski definition) is 1. The van der Waals surface area contributed by atoms with Crippen molar-refractivity contribution < 1.29 is 14.3 Å². The van der Waals surface area contributed by atoms with Gasteiger partial charge < -0.3 is 14.8 Å². The van der Waals surface area contributed by atoms with Crippen molar-refractivity contribution in [3.05, 3.63) is 66.2 Å². The van der Waals surface area contributed by atoms with Gasteiger partial charge in [0.1, 0.15) is 30.8 Å². The van der Waals surface area contributed by atoms with Gasteiger partial charge in [0, 0.05) is 18.2 Å². The van der Waals surface area contributed by atoms with Crippen molar-refractivity contribution in [1.82, 2.24) is 14.9 Å². The zero-order valence-electron chi connectivity index (χ0n) is 15.0. The molecule has 0 fully saturated rings. The minimum atomic E-state index is -0.113. The van der Waals surface area contributed by atoms with Crippen LogP contribution in [0.4, 0.5) is 5.69 Å². The van der Waals surface area contributed by atoms with Crippen LogP contribution < -0.4 is 14.8 Å². The van der Waals surface area contributed by atoms with E-state index in [1.54, 1.807) is 37.6 Å². The van der Waals surface area contributed by atoms with E-state index in [-0.39, 0.29) is 5.91 Å². The summed E-state index contributed by atoms with van der Waals surface area (Å²) in [5.41, 5.74) is 2.50. The van der Waals surface area contributed by atoms with Crippen LogP contribution in [-0.2, 0) is 11.4 Å². The zero-order valence-corrected chi connectivity index (χ0v) is 15.0. The molecule has 0 aliphatic heterocycles. The Morgan fingerprint density at radius 1 is 1.19 bits per heavy atom. The lowest BCUT2D eigenvalue weighted by Crippen LogP contribution is -2.05. The number of amides is 1. The van der Waals surface area contributed by atoms with Crippen molar-refractivity contribution in [2.24, 2.45) is 5.10 Å². The lowest BCUT2D eigenvalue weighted by atomic mass is 10.1. The smallest absolute Gasteiger partial charge is 0.221 e. The average molecular weight is 365 g/mol. The van der Waals surface area contributed by atoms with E-state index in [0.717, 1.165) is 22.6 Å². The van der Waals surface area contributed by atoms with Crippen molar-refractivity contribution in [1.29, 1.82) is 0 Å². The summed E-state index contributed by atoms with van der Waals surface area (Å²) in [5, 5.41) is 14.4. The summed E-state index contributed by atoms with van der Waals surface area (Å²) in [6, 6.07) is 12.9. The van der Waals surface area contributed by atoms with Crippen LogP contribution in [0.1, 0.15) is 18.1 Å². The fraction of sp³-hybridized carbons (Fsp3) is 0.158. The van der Waals surface area contributed by atoms with E-state index in [9.17, 15) is 4.79 Å². The van der Waals surface area contributed by atoms with Gasteiger partial charge in [-0.2, -0.15) is 5.10 Å². The highest BCUT2D eigenvalue weighted by Crippen LogP contribution is 2.23. The second-order valence-corrected chi connectivity index (χ2v) is 5.65. The minimum absolute atomic E-state index is 0.113. The maximum atomic E-state index is 11.1. The van der Waals surface area contributed by atoms with Crippen LogP contribution in [-0.4, -0.2) is 34.1 Å². The standard InChI is InChI=1S/C19H19N5O3/c1-14(25)23-17-4-6-18(7-5-17)27-11-16-9-15(3-8-19(16)26-2)10-22-24-12-20-21-13-24/h3-10,12-13H,11H2,1-2H3,(H,23,25)/b22-10+. The lowest BCUT2D eigenvalue weighted by Gasteiger charge is -2.11. The molecular formula is C19H19N5O3. The first-order chi connectivity index (χ1) is 13.1. The predicted molar refractivity (Wildman–Crippen MR) is 101 cm³/mol. The van der Waals surface area contributed by atoms with Gasteiger partial charge in [0.2, 0.25) is 5.91 Å². The molecule has 1 N–H and O–H groups in total. The van der Waals surface area contributed by atoms with Crippen LogP contribution in [0, 0.1) is 0 Å². The van der Waals surface area contributed by atoms with E-state index in [1.165, 1.54) is 24.3 Å². The Labute approximate surface area is 156 Å². The lowest BCUT2D eigenvalue weighted by molar-refractivity contribution is -0.114. The molecule has 0 aliphatic rings. The van der Waals surface area contributed by atoms with Gasteiger partial charge in [-0.1, -0.05) is 0 Å². The fourth-order valence-corrected chi connectivity index (χ4v) is 2.38. The number of rotatable bonds is 7. The molecule has 0 spiro atoms. The SMILES string of the molecule is COc1ccc(/C=N/n2cnnc2)cc1COc1ccc(NC(C)=O)cc1. The van der Waals surface area contributed by atoms with Gasteiger partial charge in [0.15, 0.2) is 0 Å². The molecule has 3 rings (SSSR count). The molecule has 27 heavy (non-hydrogen) atoms. The molecule has 138 valence electrons. The number of anilines is 1. The van der Waals surface area contributed by atoms with Crippen molar-refractivity contribution in [2.45, 2.75) is 13.5 Å². The van der Waals surface area contributed by atoms with Crippen molar-refractivity contribution >= 4 is 17.8 Å². The summed E-state index contributed by atoms with van der Waals surface area (Å²) >= 11 is 0. The predicted octanol–water partition coefficient (Wildman–Crippen LogP) is 2.71. The molecule has 0 saturated carbocycles.